The minimum Gasteiger partial charge on any atom is -0.452 e. The van der Waals surface area contributed by atoms with Crippen LogP contribution in [-0.2, 0) is 9.53 Å². The van der Waals surface area contributed by atoms with Crippen molar-refractivity contribution in [1.82, 2.24) is 0 Å². The number of carbonyl (C=O) groups is 1. The van der Waals surface area contributed by atoms with Crippen LogP contribution in [0.4, 0.5) is 0 Å². The average molecular weight is 292 g/mol. The van der Waals surface area contributed by atoms with E-state index in [2.05, 4.69) is 9.85 Å². The first kappa shape index (κ1) is 10.8. The van der Waals surface area contributed by atoms with E-state index in [1.165, 1.54) is 6.42 Å². The van der Waals surface area contributed by atoms with Gasteiger partial charge in [-0.3, -0.25) is 4.79 Å². The zero-order valence-corrected chi connectivity index (χ0v) is 9.67. The minimum atomic E-state index is -0.0566. The summed E-state index contributed by atoms with van der Waals surface area (Å²) in [6, 6.07) is 0. The molecule has 13 heavy (non-hydrogen) atoms. The molecule has 1 fully saturated rings. The Hall–Kier alpha value is -0.240. The molecule has 0 spiro atoms. The highest BCUT2D eigenvalue weighted by Crippen LogP contribution is 2.24. The van der Waals surface area contributed by atoms with E-state index in [9.17, 15) is 4.79 Å². The van der Waals surface area contributed by atoms with Crippen molar-refractivity contribution in [2.75, 3.05) is 6.61 Å². The number of rotatable bonds is 2. The van der Waals surface area contributed by atoms with Crippen LogP contribution < -0.4 is 0 Å². The van der Waals surface area contributed by atoms with Crippen molar-refractivity contribution in [3.05, 3.63) is 0 Å². The summed E-state index contributed by atoms with van der Waals surface area (Å²) in [4.78, 5) is 11.4. The zero-order valence-electron chi connectivity index (χ0n) is 7.51. The number of ether oxygens (including phenoxy) is 1. The Bertz CT molecular complexity index is 221. The third-order valence-corrected chi connectivity index (χ3v) is 2.67. The van der Waals surface area contributed by atoms with Crippen LogP contribution in [0.1, 0.15) is 32.1 Å². The molecule has 1 saturated carbocycles. The first-order valence-corrected chi connectivity index (χ1v) is 5.67. The van der Waals surface area contributed by atoms with Crippen molar-refractivity contribution >= 4 is 28.6 Å². The maximum Gasteiger partial charge on any atom is 0.309 e. The van der Waals surface area contributed by atoms with Crippen LogP contribution >= 0.6 is 22.6 Å². The average Bonchev–Trinajstić information content (AvgIpc) is 2.19. The number of carbonyl (C=O) groups excluding carboxylic acids is 1. The van der Waals surface area contributed by atoms with Gasteiger partial charge < -0.3 is 4.74 Å². The lowest BCUT2D eigenvalue weighted by Crippen LogP contribution is -2.20. The second-order valence-electron chi connectivity index (χ2n) is 3.21. The lowest BCUT2D eigenvalue weighted by Gasteiger charge is -2.19. The van der Waals surface area contributed by atoms with E-state index in [1.807, 2.05) is 22.6 Å². The molecular weight excluding hydrogens is 279 g/mol. The van der Waals surface area contributed by atoms with Crippen LogP contribution in [0.25, 0.3) is 0 Å². The van der Waals surface area contributed by atoms with E-state index in [0.717, 1.165) is 25.7 Å². The lowest BCUT2D eigenvalue weighted by molar-refractivity contribution is -0.148. The SMILES string of the molecule is O=C(OCC#CI)C1CCCCC1. The van der Waals surface area contributed by atoms with E-state index in [-0.39, 0.29) is 18.5 Å². The summed E-state index contributed by atoms with van der Waals surface area (Å²) in [5.74, 6) is 2.80. The van der Waals surface area contributed by atoms with E-state index >= 15 is 0 Å². The molecule has 72 valence electrons. The van der Waals surface area contributed by atoms with Gasteiger partial charge in [0, 0.05) is 22.6 Å². The number of hydrogen-bond donors (Lipinski definition) is 0. The van der Waals surface area contributed by atoms with Crippen LogP contribution in [0, 0.1) is 15.8 Å². The molecule has 1 aliphatic carbocycles. The quantitative estimate of drug-likeness (QED) is 0.444. The summed E-state index contributed by atoms with van der Waals surface area (Å²) >= 11 is 1.94. The summed E-state index contributed by atoms with van der Waals surface area (Å²) in [5.41, 5.74) is 0. The Morgan fingerprint density at radius 1 is 1.38 bits per heavy atom. The van der Waals surface area contributed by atoms with E-state index < -0.39 is 0 Å². The normalized spacial score (nSPS) is 17.3. The molecule has 0 aromatic rings. The third-order valence-electron chi connectivity index (χ3n) is 2.29. The topological polar surface area (TPSA) is 26.3 Å². The summed E-state index contributed by atoms with van der Waals surface area (Å²) in [6.45, 7) is 0.248. The molecule has 3 heteroatoms. The highest BCUT2D eigenvalue weighted by atomic mass is 127. The fourth-order valence-corrected chi connectivity index (χ4v) is 1.75. The number of halogens is 1. The van der Waals surface area contributed by atoms with Gasteiger partial charge in [0.1, 0.15) is 0 Å². The number of hydrogen-bond acceptors (Lipinski definition) is 2. The van der Waals surface area contributed by atoms with E-state index in [4.69, 9.17) is 4.74 Å². The van der Waals surface area contributed by atoms with Gasteiger partial charge in [-0.2, -0.15) is 0 Å². The third kappa shape index (κ3) is 3.99. The molecule has 0 aromatic carbocycles. The van der Waals surface area contributed by atoms with Crippen LogP contribution in [0.15, 0.2) is 0 Å². The molecule has 0 N–H and O–H groups in total. The van der Waals surface area contributed by atoms with Gasteiger partial charge >= 0.3 is 5.97 Å². The molecule has 1 aliphatic rings. The first-order chi connectivity index (χ1) is 6.34. The largest absolute Gasteiger partial charge is 0.452 e. The van der Waals surface area contributed by atoms with Crippen LogP contribution in [0.5, 0.6) is 0 Å². The Morgan fingerprint density at radius 3 is 2.69 bits per heavy atom. The molecule has 0 saturated heterocycles. The van der Waals surface area contributed by atoms with Gasteiger partial charge in [0.05, 0.1) is 5.92 Å². The van der Waals surface area contributed by atoms with E-state index in [0.29, 0.717) is 0 Å². The van der Waals surface area contributed by atoms with Crippen molar-refractivity contribution < 1.29 is 9.53 Å². The van der Waals surface area contributed by atoms with Gasteiger partial charge in [0.2, 0.25) is 0 Å². The highest BCUT2D eigenvalue weighted by Gasteiger charge is 2.21. The summed E-state index contributed by atoms with van der Waals surface area (Å²) in [6.07, 6.45) is 5.58. The van der Waals surface area contributed by atoms with Gasteiger partial charge in [-0.05, 0) is 16.8 Å². The van der Waals surface area contributed by atoms with Crippen molar-refractivity contribution in [3.63, 3.8) is 0 Å². The highest BCUT2D eigenvalue weighted by molar-refractivity contribution is 14.1. The van der Waals surface area contributed by atoms with Crippen LogP contribution in [0.2, 0.25) is 0 Å². The second-order valence-corrected chi connectivity index (χ2v) is 3.75. The van der Waals surface area contributed by atoms with Crippen LogP contribution in [0.3, 0.4) is 0 Å². The van der Waals surface area contributed by atoms with Gasteiger partial charge in [0.15, 0.2) is 6.61 Å². The standard InChI is InChI=1S/C10H13IO2/c11-7-4-8-13-10(12)9-5-2-1-3-6-9/h9H,1-3,5-6,8H2. The van der Waals surface area contributed by atoms with E-state index in [1.54, 1.807) is 0 Å². The summed E-state index contributed by atoms with van der Waals surface area (Å²) < 4.78 is 7.67. The smallest absolute Gasteiger partial charge is 0.309 e. The first-order valence-electron chi connectivity index (χ1n) is 4.59. The Labute approximate surface area is 92.6 Å². The van der Waals surface area contributed by atoms with Gasteiger partial charge in [-0.25, -0.2) is 0 Å². The van der Waals surface area contributed by atoms with Crippen molar-refractivity contribution in [2.24, 2.45) is 5.92 Å². The molecule has 0 aromatic heterocycles. The van der Waals surface area contributed by atoms with Crippen molar-refractivity contribution in [3.8, 4) is 9.85 Å². The molecule has 0 bridgehead atoms. The maximum absolute atomic E-state index is 11.4. The Kier molecular flexibility index (Phi) is 5.21. The fraction of sp³-hybridized carbons (Fsp3) is 0.700. The summed E-state index contributed by atoms with van der Waals surface area (Å²) in [7, 11) is 0. The predicted molar refractivity (Wildman–Crippen MR) is 59.3 cm³/mol. The van der Waals surface area contributed by atoms with Crippen molar-refractivity contribution in [1.29, 1.82) is 0 Å². The van der Waals surface area contributed by atoms with Gasteiger partial charge in [-0.15, -0.1) is 0 Å². The number of esters is 1. The van der Waals surface area contributed by atoms with Gasteiger partial charge in [0.25, 0.3) is 0 Å². The predicted octanol–water partition coefficient (Wildman–Crippen LogP) is 2.51. The Morgan fingerprint density at radius 2 is 2.08 bits per heavy atom. The molecule has 0 unspecified atom stereocenters. The minimum absolute atomic E-state index is 0.0566. The molecule has 0 radical (unpaired) electrons. The zero-order chi connectivity index (χ0) is 9.52. The molecular formula is C10H13IO2. The molecule has 2 nitrogen and oxygen atoms in total. The lowest BCUT2D eigenvalue weighted by atomic mass is 9.89. The molecule has 0 aliphatic heterocycles. The van der Waals surface area contributed by atoms with Crippen molar-refractivity contribution in [2.45, 2.75) is 32.1 Å². The maximum atomic E-state index is 11.4. The molecule has 0 heterocycles. The van der Waals surface area contributed by atoms with Crippen LogP contribution in [-0.4, -0.2) is 12.6 Å². The molecule has 0 amide bonds. The second kappa shape index (κ2) is 6.25. The summed E-state index contributed by atoms with van der Waals surface area (Å²) in [5, 5.41) is 0. The fourth-order valence-electron chi connectivity index (χ4n) is 1.59. The monoisotopic (exact) mass is 292 g/mol. The van der Waals surface area contributed by atoms with Gasteiger partial charge in [-0.1, -0.05) is 25.2 Å². The Balaban J connectivity index is 2.23. The molecule has 0 atom stereocenters. The molecule has 1 rings (SSSR count).